The maximum absolute atomic E-state index is 13.3. The van der Waals surface area contributed by atoms with Crippen molar-refractivity contribution in [2.75, 3.05) is 4.90 Å². The number of aromatic carboxylic acids is 1. The number of benzene rings is 4. The van der Waals surface area contributed by atoms with Crippen LogP contribution in [-0.4, -0.2) is 22.1 Å². The summed E-state index contributed by atoms with van der Waals surface area (Å²) in [6.07, 6.45) is 0.825. The lowest BCUT2D eigenvalue weighted by atomic mass is 10.0. The smallest absolute Gasteiger partial charge is 0.339 e. The number of phenols is 1. The molecule has 0 aromatic heterocycles. The maximum atomic E-state index is 13.3. The molecule has 4 aromatic carbocycles. The van der Waals surface area contributed by atoms with E-state index >= 15 is 0 Å². The molecule has 35 heavy (non-hydrogen) atoms. The SMILES string of the molecule is O=C(O)c1cc(N(Cc2ccc(-c3ccc(Cl)cc3)cc2)C(=O)CCc2ccccc2)ccc1O. The van der Waals surface area contributed by atoms with E-state index in [1.54, 1.807) is 11.0 Å². The molecule has 1 amide bonds. The Morgan fingerprint density at radius 1 is 0.771 bits per heavy atom. The molecule has 0 aliphatic rings. The number of carboxylic acids is 1. The van der Waals surface area contributed by atoms with Crippen molar-refractivity contribution in [3.8, 4) is 16.9 Å². The summed E-state index contributed by atoms with van der Waals surface area (Å²) in [6.45, 7) is 0.262. The highest BCUT2D eigenvalue weighted by Gasteiger charge is 2.20. The highest BCUT2D eigenvalue weighted by atomic mass is 35.5. The topological polar surface area (TPSA) is 77.8 Å². The van der Waals surface area contributed by atoms with E-state index in [2.05, 4.69) is 0 Å². The van der Waals surface area contributed by atoms with Crippen LogP contribution in [0.15, 0.2) is 97.1 Å². The number of nitrogens with zero attached hydrogens (tertiary/aromatic N) is 1. The molecule has 5 nitrogen and oxygen atoms in total. The van der Waals surface area contributed by atoms with Crippen LogP contribution in [0.25, 0.3) is 11.1 Å². The summed E-state index contributed by atoms with van der Waals surface area (Å²) in [5.41, 5.74) is 4.15. The van der Waals surface area contributed by atoms with Crippen LogP contribution < -0.4 is 4.90 Å². The Morgan fingerprint density at radius 2 is 1.40 bits per heavy atom. The van der Waals surface area contributed by atoms with Crippen LogP contribution in [0.5, 0.6) is 5.75 Å². The van der Waals surface area contributed by atoms with Gasteiger partial charge in [0.05, 0.1) is 6.54 Å². The first-order valence-corrected chi connectivity index (χ1v) is 11.5. The van der Waals surface area contributed by atoms with Gasteiger partial charge >= 0.3 is 5.97 Å². The Kier molecular flexibility index (Phi) is 7.48. The third kappa shape index (κ3) is 6.08. The van der Waals surface area contributed by atoms with E-state index in [0.717, 1.165) is 22.3 Å². The first-order valence-electron chi connectivity index (χ1n) is 11.2. The zero-order valence-electron chi connectivity index (χ0n) is 18.9. The molecule has 0 saturated carbocycles. The first kappa shape index (κ1) is 24.0. The Hall–Kier alpha value is -4.09. The van der Waals surface area contributed by atoms with Gasteiger partial charge in [-0.2, -0.15) is 0 Å². The van der Waals surface area contributed by atoms with Crippen LogP contribution in [0.1, 0.15) is 27.9 Å². The molecular weight excluding hydrogens is 462 g/mol. The average Bonchev–Trinajstić information content (AvgIpc) is 2.87. The molecule has 4 aromatic rings. The Labute approximate surface area is 208 Å². The summed E-state index contributed by atoms with van der Waals surface area (Å²) in [6, 6.07) is 29.3. The van der Waals surface area contributed by atoms with Crippen molar-refractivity contribution in [2.45, 2.75) is 19.4 Å². The van der Waals surface area contributed by atoms with Crippen molar-refractivity contribution >= 4 is 29.2 Å². The second kappa shape index (κ2) is 10.9. The number of carboxylic acid groups (broad SMARTS) is 1. The van der Waals surface area contributed by atoms with E-state index in [0.29, 0.717) is 17.1 Å². The fourth-order valence-corrected chi connectivity index (χ4v) is 3.97. The Morgan fingerprint density at radius 3 is 2.03 bits per heavy atom. The minimum absolute atomic E-state index is 0.141. The normalized spacial score (nSPS) is 10.7. The molecule has 0 aliphatic heterocycles. The van der Waals surface area contributed by atoms with Gasteiger partial charge in [0.15, 0.2) is 0 Å². The van der Waals surface area contributed by atoms with Crippen LogP contribution in [-0.2, 0) is 17.8 Å². The summed E-state index contributed by atoms with van der Waals surface area (Å²) in [7, 11) is 0. The number of hydrogen-bond acceptors (Lipinski definition) is 3. The van der Waals surface area contributed by atoms with Crippen molar-refractivity contribution in [3.63, 3.8) is 0 Å². The lowest BCUT2D eigenvalue weighted by Gasteiger charge is -2.24. The molecule has 0 unspecified atom stereocenters. The van der Waals surface area contributed by atoms with Crippen molar-refractivity contribution < 1.29 is 19.8 Å². The third-order valence-corrected chi connectivity index (χ3v) is 6.02. The lowest BCUT2D eigenvalue weighted by molar-refractivity contribution is -0.118. The molecule has 176 valence electrons. The van der Waals surface area contributed by atoms with Gasteiger partial charge in [-0.1, -0.05) is 78.3 Å². The number of carbonyl (C=O) groups is 2. The quantitative estimate of drug-likeness (QED) is 0.295. The predicted octanol–water partition coefficient (Wildman–Crippen LogP) is 6.58. The van der Waals surface area contributed by atoms with Crippen LogP contribution in [0.4, 0.5) is 5.69 Å². The van der Waals surface area contributed by atoms with Gasteiger partial charge in [0.2, 0.25) is 5.91 Å². The van der Waals surface area contributed by atoms with Crippen molar-refractivity contribution in [2.24, 2.45) is 0 Å². The Balaban J connectivity index is 1.59. The van der Waals surface area contributed by atoms with E-state index in [1.807, 2.05) is 78.9 Å². The minimum atomic E-state index is -1.26. The molecule has 0 fully saturated rings. The summed E-state index contributed by atoms with van der Waals surface area (Å²) in [5.74, 6) is -1.74. The summed E-state index contributed by atoms with van der Waals surface area (Å²) < 4.78 is 0. The number of halogens is 1. The van der Waals surface area contributed by atoms with Gasteiger partial charge in [0.25, 0.3) is 0 Å². The molecule has 0 spiro atoms. The standard InChI is InChI=1S/C29H24ClNO4/c30-24-13-11-23(12-14-24)22-9-6-21(7-10-22)19-31(25-15-16-27(32)26(18-25)29(34)35)28(33)17-8-20-4-2-1-3-5-20/h1-7,9-16,18,32H,8,17,19H2,(H,34,35). The van der Waals surface area contributed by atoms with Gasteiger partial charge in [0, 0.05) is 17.1 Å². The van der Waals surface area contributed by atoms with Crippen LogP contribution >= 0.6 is 11.6 Å². The molecule has 4 rings (SSSR count). The number of aromatic hydroxyl groups is 1. The van der Waals surface area contributed by atoms with E-state index in [9.17, 15) is 19.8 Å². The molecule has 0 saturated heterocycles. The van der Waals surface area contributed by atoms with Crippen molar-refractivity contribution in [1.82, 2.24) is 0 Å². The summed E-state index contributed by atoms with van der Waals surface area (Å²) >= 11 is 5.98. The van der Waals surface area contributed by atoms with E-state index in [4.69, 9.17) is 11.6 Å². The number of amides is 1. The largest absolute Gasteiger partial charge is 0.507 e. The highest BCUT2D eigenvalue weighted by molar-refractivity contribution is 6.30. The zero-order valence-corrected chi connectivity index (χ0v) is 19.7. The zero-order chi connectivity index (χ0) is 24.8. The first-order chi connectivity index (χ1) is 16.9. The minimum Gasteiger partial charge on any atom is -0.507 e. The third-order valence-electron chi connectivity index (χ3n) is 5.77. The van der Waals surface area contributed by atoms with E-state index < -0.39 is 5.97 Å². The molecule has 0 bridgehead atoms. The molecule has 0 aliphatic carbocycles. The molecule has 6 heteroatoms. The van der Waals surface area contributed by atoms with Gasteiger partial charge < -0.3 is 15.1 Å². The number of carbonyl (C=O) groups excluding carboxylic acids is 1. The lowest BCUT2D eigenvalue weighted by Crippen LogP contribution is -2.30. The molecule has 0 heterocycles. The van der Waals surface area contributed by atoms with Crippen LogP contribution in [0, 0.1) is 0 Å². The van der Waals surface area contributed by atoms with E-state index in [-0.39, 0.29) is 30.2 Å². The van der Waals surface area contributed by atoms with Crippen molar-refractivity contribution in [1.29, 1.82) is 0 Å². The van der Waals surface area contributed by atoms with E-state index in [1.165, 1.54) is 12.1 Å². The number of aryl methyl sites for hydroxylation is 1. The van der Waals surface area contributed by atoms with Gasteiger partial charge in [-0.05, 0) is 59.0 Å². The van der Waals surface area contributed by atoms with Crippen LogP contribution in [0.3, 0.4) is 0 Å². The predicted molar refractivity (Wildman–Crippen MR) is 138 cm³/mol. The second-order valence-electron chi connectivity index (χ2n) is 8.18. The second-order valence-corrected chi connectivity index (χ2v) is 8.61. The van der Waals surface area contributed by atoms with Gasteiger partial charge in [-0.25, -0.2) is 4.79 Å². The monoisotopic (exact) mass is 485 g/mol. The highest BCUT2D eigenvalue weighted by Crippen LogP contribution is 2.27. The maximum Gasteiger partial charge on any atom is 0.339 e. The fraction of sp³-hybridized carbons (Fsp3) is 0.103. The fourth-order valence-electron chi connectivity index (χ4n) is 3.85. The molecule has 0 radical (unpaired) electrons. The van der Waals surface area contributed by atoms with Crippen LogP contribution in [0.2, 0.25) is 5.02 Å². The van der Waals surface area contributed by atoms with Crippen molar-refractivity contribution in [3.05, 3.63) is 119 Å². The van der Waals surface area contributed by atoms with Gasteiger partial charge in [0.1, 0.15) is 11.3 Å². The molecule has 2 N–H and O–H groups in total. The summed E-state index contributed by atoms with van der Waals surface area (Å²) in [5, 5.41) is 20.0. The number of hydrogen-bond donors (Lipinski definition) is 2. The molecular formula is C29H24ClNO4. The number of anilines is 1. The summed E-state index contributed by atoms with van der Waals surface area (Å²) in [4.78, 5) is 26.4. The number of rotatable bonds is 8. The van der Waals surface area contributed by atoms with Gasteiger partial charge in [-0.3, -0.25) is 4.79 Å². The van der Waals surface area contributed by atoms with Gasteiger partial charge in [-0.15, -0.1) is 0 Å². The Bertz CT molecular complexity index is 1320. The molecule has 0 atom stereocenters. The average molecular weight is 486 g/mol.